The lowest BCUT2D eigenvalue weighted by molar-refractivity contribution is -0.128. The number of carbonyl (C=O) groups excluding carboxylic acids is 1. The highest BCUT2D eigenvalue weighted by molar-refractivity contribution is 5.95. The van der Waals surface area contributed by atoms with E-state index in [9.17, 15) is 4.79 Å². The third kappa shape index (κ3) is 2.49. The number of hydrogen-bond acceptors (Lipinski definition) is 2. The minimum Gasteiger partial charge on any atom is -0.468 e. The van der Waals surface area contributed by atoms with Crippen molar-refractivity contribution in [2.75, 3.05) is 0 Å². The minimum absolute atomic E-state index is 0.261. The van der Waals surface area contributed by atoms with Gasteiger partial charge in [-0.15, -0.1) is 0 Å². The van der Waals surface area contributed by atoms with Gasteiger partial charge in [0.05, 0.1) is 6.26 Å². The van der Waals surface area contributed by atoms with Crippen molar-refractivity contribution in [1.82, 2.24) is 0 Å². The summed E-state index contributed by atoms with van der Waals surface area (Å²) < 4.78 is 5.82. The highest BCUT2D eigenvalue weighted by atomic mass is 16.3. The predicted octanol–water partition coefficient (Wildman–Crippen LogP) is 4.81. The molecule has 2 heteroatoms. The van der Waals surface area contributed by atoms with E-state index in [-0.39, 0.29) is 5.41 Å². The van der Waals surface area contributed by atoms with Crippen LogP contribution in [0.25, 0.3) is 0 Å². The van der Waals surface area contributed by atoms with Crippen LogP contribution >= 0.6 is 0 Å². The van der Waals surface area contributed by atoms with E-state index in [4.69, 9.17) is 4.42 Å². The zero-order chi connectivity index (χ0) is 15.9. The second kappa shape index (κ2) is 5.57. The van der Waals surface area contributed by atoms with Crippen LogP contribution in [0.5, 0.6) is 0 Å². The number of allylic oxidation sites excluding steroid dienone is 4. The molecule has 3 atom stereocenters. The molecule has 1 aromatic rings. The lowest BCUT2D eigenvalue weighted by Gasteiger charge is -2.41. The molecule has 0 spiro atoms. The first-order valence-electron chi connectivity index (χ1n) is 8.36. The molecule has 0 saturated heterocycles. The third-order valence-electron chi connectivity index (χ3n) is 5.78. The summed E-state index contributed by atoms with van der Waals surface area (Å²) in [5.74, 6) is 2.16. The van der Waals surface area contributed by atoms with Gasteiger partial charge in [-0.05, 0) is 62.1 Å². The van der Waals surface area contributed by atoms with Gasteiger partial charge in [0, 0.05) is 11.8 Å². The van der Waals surface area contributed by atoms with E-state index < -0.39 is 0 Å². The lowest BCUT2D eigenvalue weighted by Crippen LogP contribution is -2.42. The summed E-state index contributed by atoms with van der Waals surface area (Å²) in [4.78, 5) is 12.6. The second-order valence-electron chi connectivity index (χ2n) is 7.40. The van der Waals surface area contributed by atoms with Crippen molar-refractivity contribution in [3.05, 3.63) is 47.0 Å². The predicted molar refractivity (Wildman–Crippen MR) is 88.8 cm³/mol. The van der Waals surface area contributed by atoms with Crippen LogP contribution in [0, 0.1) is 24.2 Å². The number of fused-ring (bicyclic) bond motifs is 2. The van der Waals surface area contributed by atoms with Crippen molar-refractivity contribution in [2.24, 2.45) is 17.3 Å². The Morgan fingerprint density at radius 1 is 1.32 bits per heavy atom. The maximum Gasteiger partial charge on any atom is 0.161 e. The van der Waals surface area contributed by atoms with Gasteiger partial charge < -0.3 is 4.42 Å². The van der Waals surface area contributed by atoms with Gasteiger partial charge in [0.2, 0.25) is 0 Å². The maximum atomic E-state index is 12.6. The van der Waals surface area contributed by atoms with Crippen LogP contribution in [0.15, 0.2) is 34.5 Å². The van der Waals surface area contributed by atoms with Crippen molar-refractivity contribution in [2.45, 2.75) is 53.4 Å². The van der Waals surface area contributed by atoms with Gasteiger partial charge in [-0.3, -0.25) is 4.79 Å². The van der Waals surface area contributed by atoms with Crippen molar-refractivity contribution in [3.63, 3.8) is 0 Å². The molecular formula is C20H26O2. The average Bonchev–Trinajstić information content (AvgIpc) is 2.80. The SMILES string of the molecule is CC1=CCCC2(C)C(=O)C=CC(C)C2Cc2c(C)coc2C1. The molecule has 118 valence electrons. The van der Waals surface area contributed by atoms with Crippen LogP contribution in [0.1, 0.15) is 50.5 Å². The fourth-order valence-electron chi connectivity index (χ4n) is 4.15. The number of hydrogen-bond donors (Lipinski definition) is 0. The Bertz CT molecular complexity index is 647. The average molecular weight is 298 g/mol. The molecule has 22 heavy (non-hydrogen) atoms. The van der Waals surface area contributed by atoms with Crippen molar-refractivity contribution >= 4 is 5.78 Å². The van der Waals surface area contributed by atoms with E-state index in [1.807, 2.05) is 12.3 Å². The van der Waals surface area contributed by atoms with Crippen LogP contribution in [0.3, 0.4) is 0 Å². The summed E-state index contributed by atoms with van der Waals surface area (Å²) in [6, 6.07) is 0. The molecule has 0 bridgehead atoms. The molecular weight excluding hydrogens is 272 g/mol. The Kier molecular flexibility index (Phi) is 3.88. The van der Waals surface area contributed by atoms with Gasteiger partial charge in [-0.2, -0.15) is 0 Å². The van der Waals surface area contributed by atoms with Crippen molar-refractivity contribution in [3.8, 4) is 0 Å². The number of rotatable bonds is 0. The second-order valence-corrected chi connectivity index (χ2v) is 7.40. The molecule has 0 saturated carbocycles. The van der Waals surface area contributed by atoms with Gasteiger partial charge in [-0.25, -0.2) is 0 Å². The summed E-state index contributed by atoms with van der Waals surface area (Å²) >= 11 is 0. The molecule has 2 aliphatic carbocycles. The Labute approximate surface area is 133 Å². The molecule has 2 nitrogen and oxygen atoms in total. The molecule has 0 radical (unpaired) electrons. The number of aryl methyl sites for hydroxylation is 1. The Morgan fingerprint density at radius 3 is 2.86 bits per heavy atom. The van der Waals surface area contributed by atoms with Gasteiger partial charge in [-0.1, -0.05) is 31.6 Å². The smallest absolute Gasteiger partial charge is 0.161 e. The first-order chi connectivity index (χ1) is 10.4. The molecule has 0 N–H and O–H groups in total. The van der Waals surface area contributed by atoms with Crippen LogP contribution in [-0.2, 0) is 17.6 Å². The van der Waals surface area contributed by atoms with E-state index in [0.29, 0.717) is 17.6 Å². The molecule has 0 aliphatic heterocycles. The van der Waals surface area contributed by atoms with Crippen LogP contribution in [0.4, 0.5) is 0 Å². The largest absolute Gasteiger partial charge is 0.468 e. The van der Waals surface area contributed by atoms with Crippen LogP contribution in [-0.4, -0.2) is 5.78 Å². The highest BCUT2D eigenvalue weighted by Gasteiger charge is 2.44. The molecule has 1 heterocycles. The van der Waals surface area contributed by atoms with Gasteiger partial charge in [0.1, 0.15) is 5.76 Å². The van der Waals surface area contributed by atoms with E-state index in [0.717, 1.165) is 31.4 Å². The minimum atomic E-state index is -0.261. The summed E-state index contributed by atoms with van der Waals surface area (Å²) in [5.41, 5.74) is 3.62. The highest BCUT2D eigenvalue weighted by Crippen LogP contribution is 2.45. The fourth-order valence-corrected chi connectivity index (χ4v) is 4.15. The summed E-state index contributed by atoms with van der Waals surface area (Å²) in [6.07, 6.45) is 11.8. The molecule has 3 rings (SSSR count). The summed E-state index contributed by atoms with van der Waals surface area (Å²) in [5, 5.41) is 0. The number of furan rings is 1. The Hall–Kier alpha value is -1.57. The van der Waals surface area contributed by atoms with E-state index >= 15 is 0 Å². The molecule has 0 fully saturated rings. The normalized spacial score (nSPS) is 32.2. The summed E-state index contributed by atoms with van der Waals surface area (Å²) in [7, 11) is 0. The van der Waals surface area contributed by atoms with E-state index in [1.54, 1.807) is 0 Å². The molecule has 1 aromatic heterocycles. The molecule has 0 aromatic carbocycles. The third-order valence-corrected chi connectivity index (χ3v) is 5.78. The van der Waals surface area contributed by atoms with E-state index in [1.165, 1.54) is 16.7 Å². The zero-order valence-electron chi connectivity index (χ0n) is 14.1. The lowest BCUT2D eigenvalue weighted by atomic mass is 9.61. The Morgan fingerprint density at radius 2 is 2.09 bits per heavy atom. The maximum absolute atomic E-state index is 12.6. The molecule has 2 aliphatic rings. The number of ketones is 1. The first-order valence-corrected chi connectivity index (χ1v) is 8.36. The van der Waals surface area contributed by atoms with Gasteiger partial charge in [0.25, 0.3) is 0 Å². The van der Waals surface area contributed by atoms with Gasteiger partial charge >= 0.3 is 0 Å². The van der Waals surface area contributed by atoms with Gasteiger partial charge in [0.15, 0.2) is 5.78 Å². The monoisotopic (exact) mass is 298 g/mol. The quantitative estimate of drug-likeness (QED) is 0.643. The summed E-state index contributed by atoms with van der Waals surface area (Å²) in [6.45, 7) is 8.69. The van der Waals surface area contributed by atoms with Crippen molar-refractivity contribution in [1.29, 1.82) is 0 Å². The van der Waals surface area contributed by atoms with Crippen molar-refractivity contribution < 1.29 is 9.21 Å². The standard InChI is InChI=1S/C20H26O2/c1-13-6-5-9-20(4)17(14(2)7-8-19(20)21)11-16-15(3)12-22-18(16)10-13/h6-8,12,14,17H,5,9-11H2,1-4H3. The molecule has 0 amide bonds. The fraction of sp³-hybridized carbons (Fsp3) is 0.550. The Balaban J connectivity index is 2.09. The molecule has 3 unspecified atom stereocenters. The topological polar surface area (TPSA) is 30.2 Å². The number of carbonyl (C=O) groups is 1. The first kappa shape index (κ1) is 15.3. The zero-order valence-corrected chi connectivity index (χ0v) is 14.1. The van der Waals surface area contributed by atoms with Crippen LogP contribution in [0.2, 0.25) is 0 Å². The van der Waals surface area contributed by atoms with E-state index in [2.05, 4.69) is 39.8 Å². The van der Waals surface area contributed by atoms with Crippen LogP contribution < -0.4 is 0 Å².